The molecule has 0 aliphatic carbocycles. The molecular formula is C13H21ClO. The first kappa shape index (κ1) is 14.5. The molecule has 0 aromatic carbocycles. The first-order valence-electron chi connectivity index (χ1n) is 5.43. The molecule has 0 fully saturated rings. The number of alkyl halides is 1. The van der Waals surface area contributed by atoms with Crippen molar-refractivity contribution in [2.75, 3.05) is 5.88 Å². The Bertz CT molecular complexity index is 232. The van der Waals surface area contributed by atoms with E-state index in [1.54, 1.807) is 0 Å². The Morgan fingerprint density at radius 3 is 2.47 bits per heavy atom. The standard InChI is InChI=1S/C13H21ClO/c1-5-6-7-8-12(15)9-11(10-14)13(2,3)4/h1,11H,6-10H2,2-4H3. The lowest BCUT2D eigenvalue weighted by Gasteiger charge is -2.28. The zero-order valence-electron chi connectivity index (χ0n) is 9.98. The van der Waals surface area contributed by atoms with Gasteiger partial charge in [-0.1, -0.05) is 20.8 Å². The van der Waals surface area contributed by atoms with E-state index in [4.69, 9.17) is 18.0 Å². The lowest BCUT2D eigenvalue weighted by molar-refractivity contribution is -0.120. The van der Waals surface area contributed by atoms with E-state index >= 15 is 0 Å². The summed E-state index contributed by atoms with van der Waals surface area (Å²) in [6, 6.07) is 0. The van der Waals surface area contributed by atoms with Gasteiger partial charge in [0, 0.05) is 25.1 Å². The number of ketones is 1. The van der Waals surface area contributed by atoms with Crippen LogP contribution in [0, 0.1) is 23.7 Å². The van der Waals surface area contributed by atoms with E-state index in [1.807, 2.05) is 0 Å². The van der Waals surface area contributed by atoms with Crippen LogP contribution in [0.3, 0.4) is 0 Å². The smallest absolute Gasteiger partial charge is 0.133 e. The molecule has 86 valence electrons. The minimum atomic E-state index is 0.101. The van der Waals surface area contributed by atoms with Crippen LogP contribution in [0.15, 0.2) is 0 Å². The monoisotopic (exact) mass is 228 g/mol. The van der Waals surface area contributed by atoms with E-state index < -0.39 is 0 Å². The van der Waals surface area contributed by atoms with Gasteiger partial charge in [-0.3, -0.25) is 4.79 Å². The maximum absolute atomic E-state index is 11.6. The van der Waals surface area contributed by atoms with Gasteiger partial charge in [0.1, 0.15) is 5.78 Å². The summed E-state index contributed by atoms with van der Waals surface area (Å²) in [7, 11) is 0. The van der Waals surface area contributed by atoms with Gasteiger partial charge in [-0.25, -0.2) is 0 Å². The second-order valence-electron chi connectivity index (χ2n) is 5.02. The normalized spacial score (nSPS) is 13.3. The first-order chi connectivity index (χ1) is 6.91. The minimum absolute atomic E-state index is 0.101. The molecule has 0 aliphatic heterocycles. The second-order valence-corrected chi connectivity index (χ2v) is 5.33. The third kappa shape index (κ3) is 6.57. The molecule has 0 radical (unpaired) electrons. The van der Waals surface area contributed by atoms with E-state index in [0.717, 1.165) is 6.42 Å². The first-order valence-corrected chi connectivity index (χ1v) is 5.96. The molecule has 15 heavy (non-hydrogen) atoms. The fraction of sp³-hybridized carbons (Fsp3) is 0.769. The maximum atomic E-state index is 11.6. The third-order valence-electron chi connectivity index (χ3n) is 2.66. The van der Waals surface area contributed by atoms with Crippen molar-refractivity contribution in [3.05, 3.63) is 0 Å². The zero-order chi connectivity index (χ0) is 11.9. The van der Waals surface area contributed by atoms with Gasteiger partial charge in [0.15, 0.2) is 0 Å². The van der Waals surface area contributed by atoms with Crippen molar-refractivity contribution in [2.45, 2.75) is 46.5 Å². The van der Waals surface area contributed by atoms with Crippen LogP contribution < -0.4 is 0 Å². The number of terminal acetylenes is 1. The fourth-order valence-electron chi connectivity index (χ4n) is 1.36. The summed E-state index contributed by atoms with van der Waals surface area (Å²) in [5.74, 6) is 3.63. The van der Waals surface area contributed by atoms with Crippen LogP contribution in [-0.2, 0) is 4.79 Å². The van der Waals surface area contributed by atoms with Crippen LogP contribution in [0.5, 0.6) is 0 Å². The zero-order valence-corrected chi connectivity index (χ0v) is 10.7. The highest BCUT2D eigenvalue weighted by Crippen LogP contribution is 2.30. The average Bonchev–Trinajstić information content (AvgIpc) is 2.12. The molecular weight excluding hydrogens is 208 g/mol. The number of hydrogen-bond acceptors (Lipinski definition) is 1. The number of halogens is 1. The van der Waals surface area contributed by atoms with Gasteiger partial charge < -0.3 is 0 Å². The highest BCUT2D eigenvalue weighted by atomic mass is 35.5. The number of Topliss-reactive ketones (excluding diaryl/α,β-unsaturated/α-hetero) is 1. The lowest BCUT2D eigenvalue weighted by atomic mass is 9.78. The molecule has 0 spiro atoms. The second kappa shape index (κ2) is 6.90. The number of carbonyl (C=O) groups excluding carboxylic acids is 1. The summed E-state index contributed by atoms with van der Waals surface area (Å²) < 4.78 is 0. The largest absolute Gasteiger partial charge is 0.300 e. The van der Waals surface area contributed by atoms with E-state index in [2.05, 4.69) is 26.7 Å². The summed E-state index contributed by atoms with van der Waals surface area (Å²) in [6.45, 7) is 6.36. The van der Waals surface area contributed by atoms with Crippen molar-refractivity contribution >= 4 is 17.4 Å². The summed E-state index contributed by atoms with van der Waals surface area (Å²) >= 11 is 5.87. The van der Waals surface area contributed by atoms with Crippen molar-refractivity contribution in [3.63, 3.8) is 0 Å². The van der Waals surface area contributed by atoms with E-state index in [1.165, 1.54) is 0 Å². The molecule has 0 heterocycles. The van der Waals surface area contributed by atoms with Gasteiger partial charge in [-0.05, 0) is 17.8 Å². The van der Waals surface area contributed by atoms with E-state index in [0.29, 0.717) is 25.1 Å². The summed E-state index contributed by atoms with van der Waals surface area (Å²) in [4.78, 5) is 11.6. The Morgan fingerprint density at radius 1 is 1.47 bits per heavy atom. The van der Waals surface area contributed by atoms with E-state index in [-0.39, 0.29) is 17.1 Å². The number of rotatable bonds is 6. The molecule has 1 unspecified atom stereocenters. The molecule has 0 bridgehead atoms. The van der Waals surface area contributed by atoms with Crippen LogP contribution in [0.4, 0.5) is 0 Å². The van der Waals surface area contributed by atoms with Gasteiger partial charge >= 0.3 is 0 Å². The van der Waals surface area contributed by atoms with Crippen LogP contribution in [0.25, 0.3) is 0 Å². The molecule has 1 atom stereocenters. The highest BCUT2D eigenvalue weighted by Gasteiger charge is 2.25. The fourth-order valence-corrected chi connectivity index (χ4v) is 1.93. The Hall–Kier alpha value is -0.480. The van der Waals surface area contributed by atoms with Crippen LogP contribution in [0.1, 0.15) is 46.5 Å². The number of unbranched alkanes of at least 4 members (excludes halogenated alkanes) is 1. The summed E-state index contributed by atoms with van der Waals surface area (Å²) in [6.07, 6.45) is 7.79. The average molecular weight is 229 g/mol. The molecule has 0 amide bonds. The molecule has 0 aliphatic rings. The molecule has 2 heteroatoms. The maximum Gasteiger partial charge on any atom is 0.133 e. The van der Waals surface area contributed by atoms with Crippen molar-refractivity contribution < 1.29 is 4.79 Å². The van der Waals surface area contributed by atoms with Gasteiger partial charge in [-0.2, -0.15) is 0 Å². The Kier molecular flexibility index (Phi) is 6.68. The molecule has 1 nitrogen and oxygen atoms in total. The predicted octanol–water partition coefficient (Wildman–Crippen LogP) is 3.65. The molecule has 0 saturated heterocycles. The third-order valence-corrected chi connectivity index (χ3v) is 3.03. The van der Waals surface area contributed by atoms with Crippen molar-refractivity contribution in [1.29, 1.82) is 0 Å². The predicted molar refractivity (Wildman–Crippen MR) is 66.0 cm³/mol. The SMILES string of the molecule is C#CCCCC(=O)CC(CCl)C(C)(C)C. The van der Waals surface area contributed by atoms with Crippen molar-refractivity contribution in [1.82, 2.24) is 0 Å². The van der Waals surface area contributed by atoms with Gasteiger partial charge in [0.2, 0.25) is 0 Å². The molecule has 0 aromatic rings. The number of carbonyl (C=O) groups is 1. The van der Waals surface area contributed by atoms with Crippen LogP contribution >= 0.6 is 11.6 Å². The van der Waals surface area contributed by atoms with Crippen molar-refractivity contribution in [2.24, 2.45) is 11.3 Å². The lowest BCUT2D eigenvalue weighted by Crippen LogP contribution is -2.24. The van der Waals surface area contributed by atoms with Crippen molar-refractivity contribution in [3.8, 4) is 12.3 Å². The molecule has 0 rings (SSSR count). The van der Waals surface area contributed by atoms with Crippen LogP contribution in [0.2, 0.25) is 0 Å². The topological polar surface area (TPSA) is 17.1 Å². The Morgan fingerprint density at radius 2 is 2.07 bits per heavy atom. The van der Waals surface area contributed by atoms with E-state index in [9.17, 15) is 4.79 Å². The van der Waals surface area contributed by atoms with Gasteiger partial charge in [0.25, 0.3) is 0 Å². The number of hydrogen-bond donors (Lipinski definition) is 0. The highest BCUT2D eigenvalue weighted by molar-refractivity contribution is 6.18. The van der Waals surface area contributed by atoms with Gasteiger partial charge in [-0.15, -0.1) is 23.9 Å². The van der Waals surface area contributed by atoms with Crippen LogP contribution in [-0.4, -0.2) is 11.7 Å². The molecule has 0 aromatic heterocycles. The minimum Gasteiger partial charge on any atom is -0.300 e. The Balaban J connectivity index is 3.98. The Labute approximate surface area is 98.6 Å². The molecule has 0 saturated carbocycles. The quantitative estimate of drug-likeness (QED) is 0.385. The summed E-state index contributed by atoms with van der Waals surface area (Å²) in [5.41, 5.74) is 0.101. The van der Waals surface area contributed by atoms with Gasteiger partial charge in [0.05, 0.1) is 0 Å². The summed E-state index contributed by atoms with van der Waals surface area (Å²) in [5, 5.41) is 0. The molecule has 0 N–H and O–H groups in total.